The smallest absolute Gasteiger partial charge is 0.181 e. The average molecular weight is 328 g/mol. The highest BCUT2D eigenvalue weighted by Gasteiger charge is 2.32. The van der Waals surface area contributed by atoms with Gasteiger partial charge in [-0.2, -0.15) is 0 Å². The van der Waals surface area contributed by atoms with Crippen molar-refractivity contribution in [1.82, 2.24) is 4.90 Å². The van der Waals surface area contributed by atoms with Crippen LogP contribution in [0.15, 0.2) is 18.2 Å². The van der Waals surface area contributed by atoms with E-state index in [0.29, 0.717) is 21.0 Å². The van der Waals surface area contributed by atoms with Gasteiger partial charge in [-0.1, -0.05) is 43.5 Å². The van der Waals surface area contributed by atoms with E-state index in [1.54, 1.807) is 18.2 Å². The Hall–Kier alpha value is -0.570. The first-order chi connectivity index (χ1) is 9.86. The molecule has 0 spiro atoms. The van der Waals surface area contributed by atoms with Crippen molar-refractivity contribution in [2.45, 2.75) is 46.1 Å². The fraction of sp³-hybridized carbons (Fsp3) is 0.588. The van der Waals surface area contributed by atoms with Gasteiger partial charge in [0.05, 0.1) is 11.1 Å². The van der Waals surface area contributed by atoms with E-state index >= 15 is 0 Å². The van der Waals surface area contributed by atoms with Crippen molar-refractivity contribution in [3.63, 3.8) is 0 Å². The highest BCUT2D eigenvalue weighted by Crippen LogP contribution is 2.35. The van der Waals surface area contributed by atoms with Crippen LogP contribution < -0.4 is 0 Å². The van der Waals surface area contributed by atoms with Crippen molar-refractivity contribution < 1.29 is 4.79 Å². The second kappa shape index (κ2) is 6.68. The van der Waals surface area contributed by atoms with E-state index in [4.69, 9.17) is 23.2 Å². The van der Waals surface area contributed by atoms with E-state index in [1.807, 2.05) is 6.92 Å². The number of hydrogen-bond acceptors (Lipinski definition) is 2. The fourth-order valence-corrected chi connectivity index (χ4v) is 3.39. The van der Waals surface area contributed by atoms with Gasteiger partial charge in [-0.15, -0.1) is 0 Å². The highest BCUT2D eigenvalue weighted by atomic mass is 35.5. The number of rotatable bonds is 4. The van der Waals surface area contributed by atoms with Crippen LogP contribution in [0.2, 0.25) is 10.0 Å². The summed E-state index contributed by atoms with van der Waals surface area (Å²) in [6.07, 6.45) is 3.50. The third-order valence-corrected chi connectivity index (χ3v) is 5.53. The molecule has 1 aromatic carbocycles. The molecule has 0 aromatic heterocycles. The van der Waals surface area contributed by atoms with Crippen molar-refractivity contribution >= 4 is 29.0 Å². The SMILES string of the molecule is CCC1(C)CCN(C(C)C(=O)c2ccc(Cl)cc2Cl)CC1. The molecule has 0 saturated carbocycles. The molecule has 2 rings (SSSR count). The number of halogens is 2. The zero-order valence-corrected chi connectivity index (χ0v) is 14.5. The van der Waals surface area contributed by atoms with Gasteiger partial charge < -0.3 is 0 Å². The Labute approximate surface area is 137 Å². The molecule has 1 heterocycles. The molecule has 1 fully saturated rings. The van der Waals surface area contributed by atoms with Gasteiger partial charge in [0.2, 0.25) is 0 Å². The van der Waals surface area contributed by atoms with E-state index in [2.05, 4.69) is 18.7 Å². The lowest BCUT2D eigenvalue weighted by atomic mass is 9.78. The average Bonchev–Trinajstić information content (AvgIpc) is 2.47. The fourth-order valence-electron chi connectivity index (χ4n) is 2.88. The van der Waals surface area contributed by atoms with E-state index in [-0.39, 0.29) is 11.8 Å². The largest absolute Gasteiger partial charge is 0.293 e. The summed E-state index contributed by atoms with van der Waals surface area (Å²) in [4.78, 5) is 14.9. The van der Waals surface area contributed by atoms with E-state index in [1.165, 1.54) is 6.42 Å². The lowest BCUT2D eigenvalue weighted by Crippen LogP contribution is -2.46. The van der Waals surface area contributed by atoms with Crippen molar-refractivity contribution in [2.24, 2.45) is 5.41 Å². The lowest BCUT2D eigenvalue weighted by molar-refractivity contribution is 0.0642. The van der Waals surface area contributed by atoms with Crippen molar-refractivity contribution in [1.29, 1.82) is 0 Å². The molecule has 2 nitrogen and oxygen atoms in total. The maximum Gasteiger partial charge on any atom is 0.181 e. The number of carbonyl (C=O) groups is 1. The second-order valence-electron chi connectivity index (χ2n) is 6.36. The van der Waals surface area contributed by atoms with Crippen molar-refractivity contribution in [3.8, 4) is 0 Å². The Morgan fingerprint density at radius 3 is 2.48 bits per heavy atom. The molecule has 0 radical (unpaired) electrons. The zero-order valence-electron chi connectivity index (χ0n) is 13.0. The van der Waals surface area contributed by atoms with E-state index < -0.39 is 0 Å². The molecule has 0 N–H and O–H groups in total. The first-order valence-corrected chi connectivity index (χ1v) is 8.35. The molecule has 1 saturated heterocycles. The van der Waals surface area contributed by atoms with Gasteiger partial charge >= 0.3 is 0 Å². The number of piperidine rings is 1. The maximum atomic E-state index is 12.6. The van der Waals surface area contributed by atoms with Gasteiger partial charge in [-0.05, 0) is 56.5 Å². The first kappa shape index (κ1) is 16.8. The van der Waals surface area contributed by atoms with Crippen LogP contribution in [0.1, 0.15) is 50.4 Å². The predicted octanol–water partition coefficient (Wildman–Crippen LogP) is 5.08. The van der Waals surface area contributed by atoms with Crippen LogP contribution in [0.5, 0.6) is 0 Å². The molecule has 1 aliphatic rings. The quantitative estimate of drug-likeness (QED) is 0.719. The molecule has 0 aliphatic carbocycles. The summed E-state index contributed by atoms with van der Waals surface area (Å²) in [7, 11) is 0. The maximum absolute atomic E-state index is 12.6. The Bertz CT molecular complexity index is 522. The summed E-state index contributed by atoms with van der Waals surface area (Å²) in [5, 5.41) is 0.996. The third-order valence-electron chi connectivity index (χ3n) is 4.98. The van der Waals surface area contributed by atoms with Gasteiger partial charge in [-0.25, -0.2) is 0 Å². The normalized spacial score (nSPS) is 20.2. The van der Waals surface area contributed by atoms with Crippen LogP contribution >= 0.6 is 23.2 Å². The van der Waals surface area contributed by atoms with Crippen LogP contribution in [-0.4, -0.2) is 29.8 Å². The minimum Gasteiger partial charge on any atom is -0.293 e. The monoisotopic (exact) mass is 327 g/mol. The molecule has 4 heteroatoms. The Balaban J connectivity index is 2.07. The van der Waals surface area contributed by atoms with Crippen LogP contribution in [0.4, 0.5) is 0 Å². The van der Waals surface area contributed by atoms with E-state index in [9.17, 15) is 4.79 Å². The molecule has 1 aliphatic heterocycles. The molecular weight excluding hydrogens is 305 g/mol. The minimum absolute atomic E-state index is 0.0803. The highest BCUT2D eigenvalue weighted by molar-refractivity contribution is 6.37. The summed E-state index contributed by atoms with van der Waals surface area (Å²) < 4.78 is 0. The molecule has 1 unspecified atom stereocenters. The molecule has 21 heavy (non-hydrogen) atoms. The van der Waals surface area contributed by atoms with Gasteiger partial charge in [0.1, 0.15) is 0 Å². The second-order valence-corrected chi connectivity index (χ2v) is 7.21. The summed E-state index contributed by atoms with van der Waals surface area (Å²) in [5.41, 5.74) is 0.995. The zero-order chi connectivity index (χ0) is 15.6. The number of hydrogen-bond donors (Lipinski definition) is 0. The van der Waals surface area contributed by atoms with Crippen LogP contribution in [0.3, 0.4) is 0 Å². The molecule has 116 valence electrons. The third kappa shape index (κ3) is 3.80. The number of likely N-dealkylation sites (tertiary alicyclic amines) is 1. The van der Waals surface area contributed by atoms with Crippen molar-refractivity contribution in [3.05, 3.63) is 33.8 Å². The van der Waals surface area contributed by atoms with Crippen LogP contribution in [0.25, 0.3) is 0 Å². The molecule has 0 amide bonds. The van der Waals surface area contributed by atoms with E-state index in [0.717, 1.165) is 25.9 Å². The molecule has 1 atom stereocenters. The van der Waals surface area contributed by atoms with Gasteiger partial charge in [0, 0.05) is 10.6 Å². The van der Waals surface area contributed by atoms with Crippen LogP contribution in [-0.2, 0) is 0 Å². The van der Waals surface area contributed by atoms with Gasteiger partial charge in [0.25, 0.3) is 0 Å². The summed E-state index contributed by atoms with van der Waals surface area (Å²) in [6, 6.07) is 4.94. The minimum atomic E-state index is -0.134. The van der Waals surface area contributed by atoms with Crippen molar-refractivity contribution in [2.75, 3.05) is 13.1 Å². The number of benzene rings is 1. The van der Waals surface area contributed by atoms with Crippen LogP contribution in [0, 0.1) is 5.41 Å². The Kier molecular flexibility index (Phi) is 5.34. The number of nitrogens with zero attached hydrogens (tertiary/aromatic N) is 1. The summed E-state index contributed by atoms with van der Waals surface area (Å²) >= 11 is 12.0. The Morgan fingerprint density at radius 1 is 1.33 bits per heavy atom. The number of carbonyl (C=O) groups excluding carboxylic acids is 1. The topological polar surface area (TPSA) is 20.3 Å². The number of Topliss-reactive ketones (excluding diaryl/α,β-unsaturated/α-hetero) is 1. The first-order valence-electron chi connectivity index (χ1n) is 7.59. The molecular formula is C17H23Cl2NO. The molecule has 1 aromatic rings. The summed E-state index contributed by atoms with van der Waals surface area (Å²) in [5.74, 6) is 0.0803. The lowest BCUT2D eigenvalue weighted by Gasteiger charge is -2.41. The molecule has 0 bridgehead atoms. The Morgan fingerprint density at radius 2 is 1.95 bits per heavy atom. The van der Waals surface area contributed by atoms with Gasteiger partial charge in [-0.3, -0.25) is 9.69 Å². The summed E-state index contributed by atoms with van der Waals surface area (Å²) in [6.45, 7) is 8.51. The predicted molar refractivity (Wildman–Crippen MR) is 89.5 cm³/mol. The van der Waals surface area contributed by atoms with Gasteiger partial charge in [0.15, 0.2) is 5.78 Å². The number of ketones is 1. The standard InChI is InChI=1S/C17H23Cl2NO/c1-4-17(3)7-9-20(10-8-17)12(2)16(21)14-6-5-13(18)11-15(14)19/h5-6,11-12H,4,7-10H2,1-3H3.